The molecule has 1 atom stereocenters. The van der Waals surface area contributed by atoms with Crippen LogP contribution in [0, 0.1) is 18.8 Å². The molecule has 0 aliphatic carbocycles. The quantitative estimate of drug-likeness (QED) is 0.834. The highest BCUT2D eigenvalue weighted by Gasteiger charge is 2.24. The Morgan fingerprint density at radius 2 is 2.06 bits per heavy atom. The maximum absolute atomic E-state index is 12.1. The van der Waals surface area contributed by atoms with Crippen molar-refractivity contribution < 1.29 is 4.79 Å². The number of halogens is 1. The SMILES string of the molecule is Cc1cc(NC(=O)C(C(N)=S)C(C)C)ccc1Br. The third kappa shape index (κ3) is 3.78. The number of amides is 1. The minimum atomic E-state index is -0.441. The summed E-state index contributed by atoms with van der Waals surface area (Å²) >= 11 is 8.36. The summed E-state index contributed by atoms with van der Waals surface area (Å²) in [5.41, 5.74) is 7.42. The molecule has 0 heterocycles. The maximum atomic E-state index is 12.1. The van der Waals surface area contributed by atoms with Crippen molar-refractivity contribution >= 4 is 44.7 Å². The van der Waals surface area contributed by atoms with Gasteiger partial charge in [-0.15, -0.1) is 0 Å². The van der Waals surface area contributed by atoms with E-state index in [4.69, 9.17) is 18.0 Å². The van der Waals surface area contributed by atoms with Crippen LogP contribution in [0.1, 0.15) is 19.4 Å². The Labute approximate surface area is 121 Å². The lowest BCUT2D eigenvalue weighted by Gasteiger charge is -2.19. The minimum absolute atomic E-state index is 0.0824. The Balaban J connectivity index is 2.86. The van der Waals surface area contributed by atoms with Gasteiger partial charge in [-0.3, -0.25) is 4.79 Å². The number of rotatable bonds is 4. The van der Waals surface area contributed by atoms with E-state index in [1.165, 1.54) is 0 Å². The fourth-order valence-corrected chi connectivity index (χ4v) is 2.33. The number of carbonyl (C=O) groups excluding carboxylic acids is 1. The van der Waals surface area contributed by atoms with Crippen molar-refractivity contribution in [3.05, 3.63) is 28.2 Å². The van der Waals surface area contributed by atoms with E-state index in [0.717, 1.165) is 15.7 Å². The van der Waals surface area contributed by atoms with Gasteiger partial charge in [0.1, 0.15) is 0 Å². The van der Waals surface area contributed by atoms with Crippen LogP contribution >= 0.6 is 28.1 Å². The van der Waals surface area contributed by atoms with Crippen molar-refractivity contribution in [2.24, 2.45) is 17.6 Å². The molecule has 0 aromatic heterocycles. The number of hydrogen-bond acceptors (Lipinski definition) is 2. The summed E-state index contributed by atoms with van der Waals surface area (Å²) in [6.45, 7) is 5.82. The van der Waals surface area contributed by atoms with Crippen molar-refractivity contribution in [3.8, 4) is 0 Å². The number of anilines is 1. The predicted molar refractivity (Wildman–Crippen MR) is 82.6 cm³/mol. The normalized spacial score (nSPS) is 12.3. The number of aryl methyl sites for hydroxylation is 1. The molecule has 5 heteroatoms. The van der Waals surface area contributed by atoms with Gasteiger partial charge < -0.3 is 11.1 Å². The first kappa shape index (κ1) is 15.1. The molecule has 1 unspecified atom stereocenters. The zero-order valence-electron chi connectivity index (χ0n) is 10.7. The van der Waals surface area contributed by atoms with Gasteiger partial charge in [0, 0.05) is 10.2 Å². The van der Waals surface area contributed by atoms with Crippen molar-refractivity contribution in [3.63, 3.8) is 0 Å². The summed E-state index contributed by atoms with van der Waals surface area (Å²) in [5, 5.41) is 2.85. The zero-order valence-corrected chi connectivity index (χ0v) is 13.1. The maximum Gasteiger partial charge on any atom is 0.234 e. The van der Waals surface area contributed by atoms with E-state index >= 15 is 0 Å². The van der Waals surface area contributed by atoms with Gasteiger partial charge in [0.25, 0.3) is 0 Å². The van der Waals surface area contributed by atoms with Crippen LogP contribution in [0.5, 0.6) is 0 Å². The van der Waals surface area contributed by atoms with Crippen LogP contribution in [0.25, 0.3) is 0 Å². The van der Waals surface area contributed by atoms with Crippen molar-refractivity contribution in [2.45, 2.75) is 20.8 Å². The number of benzene rings is 1. The molecule has 98 valence electrons. The Hall–Kier alpha value is -0.940. The summed E-state index contributed by atoms with van der Waals surface area (Å²) in [7, 11) is 0. The van der Waals surface area contributed by atoms with Gasteiger partial charge in [0.2, 0.25) is 5.91 Å². The monoisotopic (exact) mass is 328 g/mol. The standard InChI is InChI=1S/C13H17BrN2OS/c1-7(2)11(12(15)18)13(17)16-9-4-5-10(14)8(3)6-9/h4-7,11H,1-3H3,(H2,15,18)(H,16,17). The predicted octanol–water partition coefficient (Wildman–Crippen LogP) is 3.25. The van der Waals surface area contributed by atoms with Gasteiger partial charge in [0.05, 0.1) is 10.9 Å². The fraction of sp³-hybridized carbons (Fsp3) is 0.385. The molecular weight excluding hydrogens is 312 g/mol. The average Bonchev–Trinajstić information content (AvgIpc) is 2.22. The van der Waals surface area contributed by atoms with Crippen LogP contribution < -0.4 is 11.1 Å². The van der Waals surface area contributed by atoms with Gasteiger partial charge in [-0.2, -0.15) is 0 Å². The number of nitrogens with one attached hydrogen (secondary N) is 1. The summed E-state index contributed by atoms with van der Waals surface area (Å²) < 4.78 is 1.01. The molecule has 3 nitrogen and oxygen atoms in total. The first-order chi connectivity index (χ1) is 8.32. The zero-order chi connectivity index (χ0) is 13.9. The lowest BCUT2D eigenvalue weighted by atomic mass is 9.95. The topological polar surface area (TPSA) is 55.1 Å². The van der Waals surface area contributed by atoms with Crippen LogP contribution in [0.4, 0.5) is 5.69 Å². The summed E-state index contributed by atoms with van der Waals surface area (Å²) in [5.74, 6) is -0.512. The van der Waals surface area contributed by atoms with E-state index in [1.54, 1.807) is 0 Å². The highest BCUT2D eigenvalue weighted by molar-refractivity contribution is 9.10. The first-order valence-electron chi connectivity index (χ1n) is 5.69. The molecule has 1 aromatic rings. The van der Waals surface area contributed by atoms with Crippen molar-refractivity contribution in [2.75, 3.05) is 5.32 Å². The van der Waals surface area contributed by atoms with Crippen LogP contribution in [-0.2, 0) is 4.79 Å². The summed E-state index contributed by atoms with van der Waals surface area (Å²) in [4.78, 5) is 12.3. The number of hydrogen-bond donors (Lipinski definition) is 2. The van der Waals surface area contributed by atoms with Gasteiger partial charge in [0.15, 0.2) is 0 Å². The minimum Gasteiger partial charge on any atom is -0.393 e. The van der Waals surface area contributed by atoms with E-state index in [1.807, 2.05) is 39.0 Å². The highest BCUT2D eigenvalue weighted by atomic mass is 79.9. The molecule has 18 heavy (non-hydrogen) atoms. The van der Waals surface area contributed by atoms with Crippen molar-refractivity contribution in [1.82, 2.24) is 0 Å². The van der Waals surface area contributed by atoms with E-state index in [9.17, 15) is 4.79 Å². The van der Waals surface area contributed by atoms with Crippen molar-refractivity contribution in [1.29, 1.82) is 0 Å². The molecule has 0 saturated carbocycles. The van der Waals surface area contributed by atoms with Crippen LogP contribution in [-0.4, -0.2) is 10.9 Å². The van der Waals surface area contributed by atoms with Crippen LogP contribution in [0.2, 0.25) is 0 Å². The molecule has 0 saturated heterocycles. The average molecular weight is 329 g/mol. The first-order valence-corrected chi connectivity index (χ1v) is 6.89. The largest absolute Gasteiger partial charge is 0.393 e. The Morgan fingerprint density at radius 3 is 2.50 bits per heavy atom. The summed E-state index contributed by atoms with van der Waals surface area (Å²) in [6.07, 6.45) is 0. The molecule has 3 N–H and O–H groups in total. The van der Waals surface area contributed by atoms with E-state index in [0.29, 0.717) is 0 Å². The van der Waals surface area contributed by atoms with E-state index in [2.05, 4.69) is 21.2 Å². The number of nitrogens with two attached hydrogens (primary N) is 1. The molecule has 1 aromatic carbocycles. The molecule has 0 fully saturated rings. The third-order valence-corrected chi connectivity index (χ3v) is 3.82. The molecule has 0 spiro atoms. The second-order valence-electron chi connectivity index (χ2n) is 4.58. The lowest BCUT2D eigenvalue weighted by Crippen LogP contribution is -2.36. The Kier molecular flexibility index (Phi) is 5.28. The van der Waals surface area contributed by atoms with Gasteiger partial charge >= 0.3 is 0 Å². The Morgan fingerprint density at radius 1 is 1.44 bits per heavy atom. The van der Waals surface area contributed by atoms with Gasteiger partial charge in [-0.05, 0) is 36.6 Å². The molecule has 0 bridgehead atoms. The molecule has 0 aliphatic heterocycles. The van der Waals surface area contributed by atoms with Crippen LogP contribution in [0.3, 0.4) is 0 Å². The van der Waals surface area contributed by atoms with E-state index in [-0.39, 0.29) is 16.8 Å². The van der Waals surface area contributed by atoms with Crippen LogP contribution in [0.15, 0.2) is 22.7 Å². The summed E-state index contributed by atoms with van der Waals surface area (Å²) in [6, 6.07) is 5.64. The fourth-order valence-electron chi connectivity index (χ4n) is 1.70. The third-order valence-electron chi connectivity index (χ3n) is 2.68. The number of carbonyl (C=O) groups is 1. The number of thiocarbonyl (C=S) groups is 1. The molecule has 0 radical (unpaired) electrons. The second-order valence-corrected chi connectivity index (χ2v) is 5.90. The molecule has 1 amide bonds. The smallest absolute Gasteiger partial charge is 0.234 e. The van der Waals surface area contributed by atoms with E-state index < -0.39 is 5.92 Å². The van der Waals surface area contributed by atoms with Gasteiger partial charge in [-0.1, -0.05) is 42.0 Å². The second kappa shape index (κ2) is 6.29. The molecular formula is C13H17BrN2OS. The van der Waals surface area contributed by atoms with Gasteiger partial charge in [-0.25, -0.2) is 0 Å². The highest BCUT2D eigenvalue weighted by Crippen LogP contribution is 2.21. The lowest BCUT2D eigenvalue weighted by molar-refractivity contribution is -0.118. The Bertz CT molecular complexity index is 474. The molecule has 0 aliphatic rings. The molecule has 1 rings (SSSR count).